The number of hydrogen-bond acceptors (Lipinski definition) is 2. The highest BCUT2D eigenvalue weighted by Crippen LogP contribution is 2.19. The molecule has 0 aliphatic carbocycles. The Labute approximate surface area is 144 Å². The first-order chi connectivity index (χ1) is 11.3. The number of carbonyl (C=O) groups excluding carboxylic acids is 1. The van der Waals surface area contributed by atoms with Crippen LogP contribution in [0.25, 0.3) is 0 Å². The van der Waals surface area contributed by atoms with Crippen LogP contribution in [0.5, 0.6) is 5.75 Å². The van der Waals surface area contributed by atoms with Gasteiger partial charge in [0.15, 0.2) is 6.23 Å². The van der Waals surface area contributed by atoms with E-state index >= 15 is 0 Å². The summed E-state index contributed by atoms with van der Waals surface area (Å²) in [5, 5.41) is 5.62. The zero-order chi connectivity index (χ0) is 17.7. The van der Waals surface area contributed by atoms with E-state index < -0.39 is 6.23 Å². The molecule has 4 heteroatoms. The summed E-state index contributed by atoms with van der Waals surface area (Å²) in [6, 6.07) is 13.6. The van der Waals surface area contributed by atoms with Crippen molar-refractivity contribution in [1.29, 1.82) is 0 Å². The molecule has 2 aromatic carbocycles. The predicted molar refractivity (Wildman–Crippen MR) is 98.7 cm³/mol. The Morgan fingerprint density at radius 2 is 1.54 bits per heavy atom. The second kappa shape index (κ2) is 7.86. The van der Waals surface area contributed by atoms with E-state index in [-0.39, 0.29) is 6.03 Å². The van der Waals surface area contributed by atoms with Crippen LogP contribution in [-0.2, 0) is 0 Å². The maximum atomic E-state index is 12.1. The number of amides is 2. The quantitative estimate of drug-likeness (QED) is 0.762. The molecule has 4 nitrogen and oxygen atoms in total. The fraction of sp³-hybridized carbons (Fsp3) is 0.350. The van der Waals surface area contributed by atoms with Crippen molar-refractivity contribution in [2.24, 2.45) is 0 Å². The second-order valence-corrected chi connectivity index (χ2v) is 6.46. The van der Waals surface area contributed by atoms with Crippen molar-refractivity contribution in [1.82, 2.24) is 5.32 Å². The molecule has 2 rings (SSSR count). The molecule has 1 unspecified atom stereocenters. The molecule has 0 bridgehead atoms. The number of ether oxygens (including phenoxy) is 1. The molecule has 0 aliphatic heterocycles. The molecule has 0 spiro atoms. The molecule has 128 valence electrons. The highest BCUT2D eigenvalue weighted by atomic mass is 16.5. The van der Waals surface area contributed by atoms with E-state index in [2.05, 4.69) is 30.5 Å². The first-order valence-electron chi connectivity index (χ1n) is 8.26. The number of carbonyl (C=O) groups is 1. The number of rotatable bonds is 5. The maximum Gasteiger partial charge on any atom is 0.322 e. The third-order valence-corrected chi connectivity index (χ3v) is 3.67. The summed E-state index contributed by atoms with van der Waals surface area (Å²) in [6.45, 7) is 10.1. The summed E-state index contributed by atoms with van der Waals surface area (Å²) in [7, 11) is 0. The molecule has 2 amide bonds. The molecule has 0 saturated heterocycles. The van der Waals surface area contributed by atoms with Gasteiger partial charge in [-0.15, -0.1) is 0 Å². The van der Waals surface area contributed by atoms with Gasteiger partial charge in [0.1, 0.15) is 5.75 Å². The topological polar surface area (TPSA) is 50.4 Å². The van der Waals surface area contributed by atoms with E-state index in [9.17, 15) is 4.79 Å². The van der Waals surface area contributed by atoms with Crippen molar-refractivity contribution in [2.45, 2.75) is 46.8 Å². The van der Waals surface area contributed by atoms with Crippen LogP contribution in [0.15, 0.2) is 42.5 Å². The number of anilines is 1. The van der Waals surface area contributed by atoms with E-state index in [1.54, 1.807) is 6.92 Å². The zero-order valence-corrected chi connectivity index (χ0v) is 15.0. The monoisotopic (exact) mass is 326 g/mol. The van der Waals surface area contributed by atoms with Gasteiger partial charge >= 0.3 is 6.03 Å². The molecule has 1 atom stereocenters. The Morgan fingerprint density at radius 1 is 0.958 bits per heavy atom. The van der Waals surface area contributed by atoms with Crippen molar-refractivity contribution >= 4 is 11.7 Å². The van der Waals surface area contributed by atoms with Gasteiger partial charge in [0.2, 0.25) is 0 Å². The van der Waals surface area contributed by atoms with Crippen molar-refractivity contribution in [3.05, 3.63) is 59.2 Å². The number of benzene rings is 2. The molecular weight excluding hydrogens is 300 g/mol. The lowest BCUT2D eigenvalue weighted by Crippen LogP contribution is -2.39. The van der Waals surface area contributed by atoms with Gasteiger partial charge in [-0.3, -0.25) is 0 Å². The SMILES string of the molecule is Cc1cc(C)cc(NC(=O)NC(C)Oc2ccc(C(C)C)cc2)c1. The average molecular weight is 326 g/mol. The van der Waals surface area contributed by atoms with Crippen LogP contribution in [0.1, 0.15) is 43.4 Å². The molecule has 0 heterocycles. The molecule has 24 heavy (non-hydrogen) atoms. The lowest BCUT2D eigenvalue weighted by molar-refractivity contribution is 0.183. The Hall–Kier alpha value is -2.49. The Morgan fingerprint density at radius 3 is 2.08 bits per heavy atom. The van der Waals surface area contributed by atoms with Gasteiger partial charge in [0, 0.05) is 5.69 Å². The standard InChI is InChI=1S/C20H26N2O2/c1-13(2)17-6-8-19(9-7-17)24-16(5)21-20(23)22-18-11-14(3)10-15(4)12-18/h6-13,16H,1-5H3,(H2,21,22,23). The van der Waals surface area contributed by atoms with Crippen molar-refractivity contribution in [3.8, 4) is 5.75 Å². The van der Waals surface area contributed by atoms with Crippen LogP contribution < -0.4 is 15.4 Å². The Balaban J connectivity index is 1.89. The van der Waals surface area contributed by atoms with Gasteiger partial charge in [-0.2, -0.15) is 0 Å². The fourth-order valence-corrected chi connectivity index (χ4v) is 2.56. The molecule has 0 saturated carbocycles. The number of hydrogen-bond donors (Lipinski definition) is 2. The van der Waals surface area contributed by atoms with Gasteiger partial charge in [-0.1, -0.05) is 32.0 Å². The molecule has 0 fully saturated rings. The minimum Gasteiger partial charge on any atom is -0.471 e. The number of aryl methyl sites for hydroxylation is 2. The highest BCUT2D eigenvalue weighted by molar-refractivity contribution is 5.89. The average Bonchev–Trinajstić information content (AvgIpc) is 2.46. The predicted octanol–water partition coefficient (Wildman–Crippen LogP) is 4.97. The molecule has 0 radical (unpaired) electrons. The van der Waals surface area contributed by atoms with E-state index in [1.807, 2.05) is 50.2 Å². The van der Waals surface area contributed by atoms with Crippen molar-refractivity contribution in [2.75, 3.05) is 5.32 Å². The normalized spacial score (nSPS) is 11.9. The van der Waals surface area contributed by atoms with Gasteiger partial charge < -0.3 is 15.4 Å². The highest BCUT2D eigenvalue weighted by Gasteiger charge is 2.09. The van der Waals surface area contributed by atoms with Gasteiger partial charge in [-0.05, 0) is 67.6 Å². The Kier molecular flexibility index (Phi) is 5.85. The lowest BCUT2D eigenvalue weighted by Gasteiger charge is -2.17. The van der Waals surface area contributed by atoms with Crippen LogP contribution in [0.2, 0.25) is 0 Å². The first-order valence-corrected chi connectivity index (χ1v) is 8.26. The van der Waals surface area contributed by atoms with E-state index in [4.69, 9.17) is 4.74 Å². The first kappa shape index (κ1) is 17.9. The van der Waals surface area contributed by atoms with Gasteiger partial charge in [0.05, 0.1) is 0 Å². The second-order valence-electron chi connectivity index (χ2n) is 6.46. The van der Waals surface area contributed by atoms with Crippen molar-refractivity contribution in [3.63, 3.8) is 0 Å². The van der Waals surface area contributed by atoms with E-state index in [1.165, 1.54) is 5.56 Å². The fourth-order valence-electron chi connectivity index (χ4n) is 2.56. The summed E-state index contributed by atoms with van der Waals surface area (Å²) in [5.41, 5.74) is 4.26. The van der Waals surface area contributed by atoms with Crippen LogP contribution >= 0.6 is 0 Å². The smallest absolute Gasteiger partial charge is 0.322 e. The van der Waals surface area contributed by atoms with Crippen LogP contribution in [0, 0.1) is 13.8 Å². The summed E-state index contributed by atoms with van der Waals surface area (Å²) in [5.74, 6) is 1.22. The number of nitrogens with one attached hydrogen (secondary N) is 2. The summed E-state index contributed by atoms with van der Waals surface area (Å²) < 4.78 is 5.73. The summed E-state index contributed by atoms with van der Waals surface area (Å²) >= 11 is 0. The third kappa shape index (κ3) is 5.30. The Bertz CT molecular complexity index is 673. The summed E-state index contributed by atoms with van der Waals surface area (Å²) in [6.07, 6.45) is -0.430. The van der Waals surface area contributed by atoms with Crippen molar-refractivity contribution < 1.29 is 9.53 Å². The molecule has 0 aromatic heterocycles. The van der Waals surface area contributed by atoms with Crippen LogP contribution in [-0.4, -0.2) is 12.3 Å². The molecular formula is C20H26N2O2. The largest absolute Gasteiger partial charge is 0.471 e. The molecule has 2 aromatic rings. The lowest BCUT2D eigenvalue weighted by atomic mass is 10.0. The minimum absolute atomic E-state index is 0.286. The van der Waals surface area contributed by atoms with E-state index in [0.29, 0.717) is 5.92 Å². The van der Waals surface area contributed by atoms with Gasteiger partial charge in [-0.25, -0.2) is 4.79 Å². The van der Waals surface area contributed by atoms with E-state index in [0.717, 1.165) is 22.6 Å². The van der Waals surface area contributed by atoms with Crippen LogP contribution in [0.3, 0.4) is 0 Å². The number of urea groups is 1. The zero-order valence-electron chi connectivity index (χ0n) is 15.0. The van der Waals surface area contributed by atoms with Gasteiger partial charge in [0.25, 0.3) is 0 Å². The molecule has 2 N–H and O–H groups in total. The minimum atomic E-state index is -0.430. The summed E-state index contributed by atoms with van der Waals surface area (Å²) in [4.78, 5) is 12.1. The molecule has 0 aliphatic rings. The van der Waals surface area contributed by atoms with Crippen LogP contribution in [0.4, 0.5) is 10.5 Å². The third-order valence-electron chi connectivity index (χ3n) is 3.67. The maximum absolute atomic E-state index is 12.1.